The maximum atomic E-state index is 13.6. The molecule has 0 spiro atoms. The Morgan fingerprint density at radius 2 is 1.80 bits per heavy atom. The number of hydrogen-bond acceptors (Lipinski definition) is 4. The number of aromatic nitrogens is 3. The summed E-state index contributed by atoms with van der Waals surface area (Å²) in [6, 6.07) is 23.3. The summed E-state index contributed by atoms with van der Waals surface area (Å²) >= 11 is 0. The number of aryl methyl sites for hydroxylation is 1. The van der Waals surface area contributed by atoms with E-state index in [4.69, 9.17) is 4.74 Å². The van der Waals surface area contributed by atoms with Crippen molar-refractivity contribution in [2.45, 2.75) is 26.6 Å². The number of benzene rings is 3. The van der Waals surface area contributed by atoms with E-state index in [1.165, 1.54) is 0 Å². The van der Waals surface area contributed by atoms with Crippen LogP contribution in [0.5, 0.6) is 5.75 Å². The Balaban J connectivity index is 1.51. The van der Waals surface area contributed by atoms with Gasteiger partial charge in [-0.1, -0.05) is 54.1 Å². The van der Waals surface area contributed by atoms with E-state index in [2.05, 4.69) is 10.3 Å². The van der Waals surface area contributed by atoms with Crippen molar-refractivity contribution >= 4 is 27.8 Å². The van der Waals surface area contributed by atoms with Gasteiger partial charge < -0.3 is 14.6 Å². The lowest BCUT2D eigenvalue weighted by atomic mass is 10.1. The van der Waals surface area contributed by atoms with Crippen molar-refractivity contribution in [2.24, 2.45) is 0 Å². The summed E-state index contributed by atoms with van der Waals surface area (Å²) in [5, 5.41) is 3.82. The molecule has 0 bridgehead atoms. The number of carbonyl (C=O) groups is 1. The van der Waals surface area contributed by atoms with Crippen molar-refractivity contribution in [3.05, 3.63) is 106 Å². The first-order chi connectivity index (χ1) is 17.0. The predicted octanol–water partition coefficient (Wildman–Crippen LogP) is 4.03. The van der Waals surface area contributed by atoms with Gasteiger partial charge in [0.2, 0.25) is 5.91 Å². The third-order valence-corrected chi connectivity index (χ3v) is 6.10. The van der Waals surface area contributed by atoms with Gasteiger partial charge in [0.25, 0.3) is 5.56 Å². The van der Waals surface area contributed by atoms with Crippen molar-refractivity contribution in [1.82, 2.24) is 19.4 Å². The Bertz CT molecular complexity index is 1590. The number of amides is 1. The highest BCUT2D eigenvalue weighted by Gasteiger charge is 2.18. The molecule has 0 radical (unpaired) electrons. The first kappa shape index (κ1) is 22.4. The molecule has 1 amide bonds. The SMILES string of the molecule is COc1cccc(CNC(=O)Cn2c3ccc(C)cc3c3ncn(Cc4ccccc4)c(=O)c32)c1. The van der Waals surface area contributed by atoms with Gasteiger partial charge in [-0.3, -0.25) is 14.2 Å². The molecule has 1 N–H and O–H groups in total. The number of hydrogen-bond donors (Lipinski definition) is 1. The second-order valence-corrected chi connectivity index (χ2v) is 8.60. The van der Waals surface area contributed by atoms with E-state index < -0.39 is 0 Å². The fourth-order valence-electron chi connectivity index (χ4n) is 4.35. The molecule has 7 heteroatoms. The van der Waals surface area contributed by atoms with Gasteiger partial charge >= 0.3 is 0 Å². The molecule has 0 saturated heterocycles. The van der Waals surface area contributed by atoms with Crippen molar-refractivity contribution in [3.8, 4) is 5.75 Å². The Hall–Kier alpha value is -4.39. The average molecular weight is 467 g/mol. The summed E-state index contributed by atoms with van der Waals surface area (Å²) in [7, 11) is 1.61. The number of carbonyl (C=O) groups excluding carboxylic acids is 1. The van der Waals surface area contributed by atoms with E-state index in [1.807, 2.05) is 79.7 Å². The van der Waals surface area contributed by atoms with Crippen molar-refractivity contribution in [2.75, 3.05) is 7.11 Å². The zero-order valence-corrected chi connectivity index (χ0v) is 19.7. The van der Waals surface area contributed by atoms with E-state index in [0.717, 1.165) is 33.3 Å². The van der Waals surface area contributed by atoms with E-state index in [9.17, 15) is 9.59 Å². The predicted molar refractivity (Wildman–Crippen MR) is 137 cm³/mol. The van der Waals surface area contributed by atoms with Gasteiger partial charge in [-0.25, -0.2) is 4.98 Å². The number of nitrogens with zero attached hydrogens (tertiary/aromatic N) is 3. The molecule has 35 heavy (non-hydrogen) atoms. The zero-order chi connectivity index (χ0) is 24.4. The highest BCUT2D eigenvalue weighted by Crippen LogP contribution is 2.26. The fraction of sp³-hybridized carbons (Fsp3) is 0.179. The summed E-state index contributed by atoms with van der Waals surface area (Å²) in [4.78, 5) is 31.2. The van der Waals surface area contributed by atoms with E-state index in [-0.39, 0.29) is 18.0 Å². The second kappa shape index (κ2) is 9.46. The molecule has 3 aromatic carbocycles. The number of rotatable bonds is 7. The second-order valence-electron chi connectivity index (χ2n) is 8.60. The largest absolute Gasteiger partial charge is 0.497 e. The Morgan fingerprint density at radius 3 is 2.60 bits per heavy atom. The first-order valence-corrected chi connectivity index (χ1v) is 11.4. The van der Waals surface area contributed by atoms with Crippen LogP contribution in [0.1, 0.15) is 16.7 Å². The molecule has 0 fully saturated rings. The number of ether oxygens (including phenoxy) is 1. The number of methoxy groups -OCH3 is 1. The van der Waals surface area contributed by atoms with Crippen LogP contribution in [0.15, 0.2) is 83.9 Å². The lowest BCUT2D eigenvalue weighted by Crippen LogP contribution is -2.29. The molecule has 2 aromatic heterocycles. The molecular formula is C28H26N4O3. The standard InChI is InChI=1S/C28H26N4O3/c1-19-11-12-24-23(13-19)26-27(28(34)31(18-30-26)16-20-7-4-3-5-8-20)32(24)17-25(33)29-15-21-9-6-10-22(14-21)35-2/h3-14,18H,15-17H2,1-2H3,(H,29,33). The van der Waals surface area contributed by atoms with Crippen LogP contribution in [0.4, 0.5) is 0 Å². The van der Waals surface area contributed by atoms with Gasteiger partial charge in [-0.15, -0.1) is 0 Å². The van der Waals surface area contributed by atoms with E-state index >= 15 is 0 Å². The Labute approximate surface area is 202 Å². The molecule has 0 saturated carbocycles. The van der Waals surface area contributed by atoms with Gasteiger partial charge in [0.05, 0.1) is 25.5 Å². The maximum Gasteiger partial charge on any atom is 0.278 e. The van der Waals surface area contributed by atoms with Gasteiger partial charge in [0.15, 0.2) is 0 Å². The molecule has 0 aliphatic heterocycles. The molecular weight excluding hydrogens is 440 g/mol. The Morgan fingerprint density at radius 1 is 1.00 bits per heavy atom. The summed E-state index contributed by atoms with van der Waals surface area (Å²) in [6.45, 7) is 2.79. The summed E-state index contributed by atoms with van der Waals surface area (Å²) in [5.41, 5.74) is 4.68. The molecule has 0 aliphatic carbocycles. The summed E-state index contributed by atoms with van der Waals surface area (Å²) < 4.78 is 8.63. The molecule has 176 valence electrons. The third-order valence-electron chi connectivity index (χ3n) is 6.10. The highest BCUT2D eigenvalue weighted by molar-refractivity contribution is 6.06. The molecule has 7 nitrogen and oxygen atoms in total. The summed E-state index contributed by atoms with van der Waals surface area (Å²) in [5.74, 6) is 0.546. The van der Waals surface area contributed by atoms with E-state index in [1.54, 1.807) is 22.6 Å². The molecule has 0 atom stereocenters. The van der Waals surface area contributed by atoms with Crippen LogP contribution in [-0.4, -0.2) is 27.1 Å². The lowest BCUT2D eigenvalue weighted by molar-refractivity contribution is -0.121. The van der Waals surface area contributed by atoms with Crippen LogP contribution in [0.3, 0.4) is 0 Å². The molecule has 0 aliphatic rings. The third kappa shape index (κ3) is 4.53. The quantitative estimate of drug-likeness (QED) is 0.393. The van der Waals surface area contributed by atoms with Crippen LogP contribution in [-0.2, 0) is 24.4 Å². The maximum absolute atomic E-state index is 13.6. The Kier molecular flexibility index (Phi) is 6.06. The van der Waals surface area contributed by atoms with Crippen LogP contribution >= 0.6 is 0 Å². The number of nitrogens with one attached hydrogen (secondary N) is 1. The fourth-order valence-corrected chi connectivity index (χ4v) is 4.35. The topological polar surface area (TPSA) is 78.2 Å². The minimum Gasteiger partial charge on any atom is -0.497 e. The smallest absolute Gasteiger partial charge is 0.278 e. The van der Waals surface area contributed by atoms with Gasteiger partial charge in [0, 0.05) is 11.9 Å². The van der Waals surface area contributed by atoms with Crippen molar-refractivity contribution in [3.63, 3.8) is 0 Å². The van der Waals surface area contributed by atoms with Gasteiger partial charge in [0.1, 0.15) is 23.3 Å². The normalized spacial score (nSPS) is 11.1. The monoisotopic (exact) mass is 466 g/mol. The highest BCUT2D eigenvalue weighted by atomic mass is 16.5. The number of fused-ring (bicyclic) bond motifs is 3. The molecule has 0 unspecified atom stereocenters. The van der Waals surface area contributed by atoms with Crippen LogP contribution in [0.25, 0.3) is 21.9 Å². The van der Waals surface area contributed by atoms with Crippen LogP contribution in [0.2, 0.25) is 0 Å². The molecule has 5 aromatic rings. The van der Waals surface area contributed by atoms with E-state index in [0.29, 0.717) is 24.1 Å². The minimum atomic E-state index is -0.190. The average Bonchev–Trinajstić information content (AvgIpc) is 3.18. The lowest BCUT2D eigenvalue weighted by Gasteiger charge is -2.10. The van der Waals surface area contributed by atoms with Crippen LogP contribution in [0, 0.1) is 6.92 Å². The van der Waals surface area contributed by atoms with Crippen molar-refractivity contribution < 1.29 is 9.53 Å². The summed E-state index contributed by atoms with van der Waals surface area (Å²) in [6.07, 6.45) is 1.59. The first-order valence-electron chi connectivity index (χ1n) is 11.4. The van der Waals surface area contributed by atoms with Crippen LogP contribution < -0.4 is 15.6 Å². The zero-order valence-electron chi connectivity index (χ0n) is 19.7. The minimum absolute atomic E-state index is 0.0132. The van der Waals surface area contributed by atoms with Crippen molar-refractivity contribution in [1.29, 1.82) is 0 Å². The molecule has 5 rings (SSSR count). The van der Waals surface area contributed by atoms with Gasteiger partial charge in [-0.05, 0) is 42.3 Å². The van der Waals surface area contributed by atoms with Gasteiger partial charge in [-0.2, -0.15) is 0 Å². The molecule has 2 heterocycles.